The first-order chi connectivity index (χ1) is 13.7. The highest BCUT2D eigenvalue weighted by atomic mass is 16.5. The van der Waals surface area contributed by atoms with Crippen LogP contribution in [0, 0.1) is 11.3 Å². The number of carbonyl (C=O) groups excluding carboxylic acids is 1. The van der Waals surface area contributed by atoms with E-state index in [1.807, 2.05) is 60.7 Å². The number of amides is 1. The van der Waals surface area contributed by atoms with Crippen molar-refractivity contribution in [2.75, 3.05) is 6.61 Å². The second-order valence-electron chi connectivity index (χ2n) is 5.68. The maximum absolute atomic E-state index is 11.9. The van der Waals surface area contributed by atoms with Crippen LogP contribution in [-0.2, 0) is 4.79 Å². The third-order valence-electron chi connectivity index (χ3n) is 3.61. The van der Waals surface area contributed by atoms with Gasteiger partial charge in [0.1, 0.15) is 23.3 Å². The summed E-state index contributed by atoms with van der Waals surface area (Å²) in [7, 11) is 0. The normalized spacial score (nSPS) is 10.2. The molecule has 3 rings (SSSR count). The van der Waals surface area contributed by atoms with Crippen molar-refractivity contribution < 1.29 is 14.3 Å². The summed E-state index contributed by atoms with van der Waals surface area (Å²) in [6.07, 6.45) is 1.51. The van der Waals surface area contributed by atoms with Crippen molar-refractivity contribution in [3.63, 3.8) is 0 Å². The summed E-state index contributed by atoms with van der Waals surface area (Å²) in [6.45, 7) is -0.243. The number of para-hydroxylation sites is 2. The van der Waals surface area contributed by atoms with Gasteiger partial charge in [-0.2, -0.15) is 10.4 Å². The summed E-state index contributed by atoms with van der Waals surface area (Å²) in [5, 5.41) is 12.9. The van der Waals surface area contributed by atoms with Crippen LogP contribution in [0.15, 0.2) is 84.0 Å². The van der Waals surface area contributed by atoms with Gasteiger partial charge in [-0.1, -0.05) is 42.5 Å². The molecule has 0 aromatic heterocycles. The Morgan fingerprint density at radius 2 is 1.75 bits per heavy atom. The second kappa shape index (κ2) is 9.55. The molecule has 28 heavy (non-hydrogen) atoms. The van der Waals surface area contributed by atoms with Gasteiger partial charge in [0, 0.05) is 0 Å². The second-order valence-corrected chi connectivity index (χ2v) is 5.68. The topological polar surface area (TPSA) is 83.7 Å². The van der Waals surface area contributed by atoms with Crippen LogP contribution in [0.25, 0.3) is 0 Å². The van der Waals surface area contributed by atoms with Crippen molar-refractivity contribution in [1.82, 2.24) is 5.43 Å². The zero-order valence-electron chi connectivity index (χ0n) is 14.9. The van der Waals surface area contributed by atoms with Crippen molar-refractivity contribution in [1.29, 1.82) is 5.26 Å². The molecule has 0 fully saturated rings. The van der Waals surface area contributed by atoms with E-state index in [9.17, 15) is 4.79 Å². The van der Waals surface area contributed by atoms with Gasteiger partial charge in [0.2, 0.25) is 0 Å². The number of nitriles is 1. The number of benzene rings is 3. The van der Waals surface area contributed by atoms with Crippen LogP contribution in [0.5, 0.6) is 17.2 Å². The molecule has 0 radical (unpaired) electrons. The van der Waals surface area contributed by atoms with Crippen molar-refractivity contribution >= 4 is 12.1 Å². The third-order valence-corrected chi connectivity index (χ3v) is 3.61. The first-order valence-electron chi connectivity index (χ1n) is 8.51. The molecule has 1 amide bonds. The standard InChI is InChI=1S/C22H17N3O3/c23-14-18-8-4-5-12-21(18)27-16-22(26)25-24-15-17-7-6-11-20(13-17)28-19-9-2-1-3-10-19/h1-13,15H,16H2,(H,25,26)/b24-15-. The smallest absolute Gasteiger partial charge is 0.277 e. The van der Waals surface area contributed by atoms with Crippen LogP contribution in [0.1, 0.15) is 11.1 Å². The number of hydrogen-bond donors (Lipinski definition) is 1. The first kappa shape index (κ1) is 18.7. The average molecular weight is 371 g/mol. The van der Waals surface area contributed by atoms with E-state index >= 15 is 0 Å². The Hall–Kier alpha value is -4.11. The molecule has 0 atom stereocenters. The van der Waals surface area contributed by atoms with Crippen molar-refractivity contribution in [2.24, 2.45) is 5.10 Å². The summed E-state index contributed by atoms with van der Waals surface area (Å²) in [5.74, 6) is 1.33. The van der Waals surface area contributed by atoms with Gasteiger partial charge in [-0.05, 0) is 42.0 Å². The Morgan fingerprint density at radius 3 is 2.57 bits per heavy atom. The molecule has 0 saturated heterocycles. The maximum atomic E-state index is 11.9. The molecule has 0 aliphatic heterocycles. The summed E-state index contributed by atoms with van der Waals surface area (Å²) in [6, 6.07) is 25.5. The molecule has 0 bridgehead atoms. The predicted octanol–water partition coefficient (Wildman–Crippen LogP) is 3.88. The third kappa shape index (κ3) is 5.44. The average Bonchev–Trinajstić information content (AvgIpc) is 2.73. The summed E-state index contributed by atoms with van der Waals surface area (Å²) < 4.78 is 11.1. The number of ether oxygens (including phenoxy) is 2. The molecule has 6 nitrogen and oxygen atoms in total. The highest BCUT2D eigenvalue weighted by Gasteiger charge is 2.05. The van der Waals surface area contributed by atoms with E-state index in [2.05, 4.69) is 10.5 Å². The van der Waals surface area contributed by atoms with E-state index in [0.29, 0.717) is 17.1 Å². The number of hydrogen-bond acceptors (Lipinski definition) is 5. The maximum Gasteiger partial charge on any atom is 0.277 e. The molecule has 0 aliphatic rings. The van der Waals surface area contributed by atoms with Gasteiger partial charge in [0.15, 0.2) is 6.61 Å². The minimum absolute atomic E-state index is 0.243. The molecule has 138 valence electrons. The fourth-order valence-electron chi connectivity index (χ4n) is 2.32. The lowest BCUT2D eigenvalue weighted by Crippen LogP contribution is -2.24. The van der Waals surface area contributed by atoms with E-state index in [-0.39, 0.29) is 6.61 Å². The quantitative estimate of drug-likeness (QED) is 0.505. The predicted molar refractivity (Wildman–Crippen MR) is 105 cm³/mol. The number of nitrogens with one attached hydrogen (secondary N) is 1. The molecule has 1 N–H and O–H groups in total. The largest absolute Gasteiger partial charge is 0.482 e. The molecular formula is C22H17N3O3. The highest BCUT2D eigenvalue weighted by molar-refractivity contribution is 5.83. The molecular weight excluding hydrogens is 354 g/mol. The van der Waals surface area contributed by atoms with Crippen LogP contribution < -0.4 is 14.9 Å². The fourth-order valence-corrected chi connectivity index (χ4v) is 2.32. The molecule has 0 heterocycles. The zero-order chi connectivity index (χ0) is 19.6. The molecule has 0 aliphatic carbocycles. The number of rotatable bonds is 7. The van der Waals surface area contributed by atoms with Gasteiger partial charge in [0.25, 0.3) is 5.91 Å². The Bertz CT molecular complexity index is 1010. The van der Waals surface area contributed by atoms with Gasteiger partial charge >= 0.3 is 0 Å². The van der Waals surface area contributed by atoms with E-state index in [1.54, 1.807) is 24.3 Å². The van der Waals surface area contributed by atoms with Crippen LogP contribution >= 0.6 is 0 Å². The van der Waals surface area contributed by atoms with Gasteiger partial charge < -0.3 is 9.47 Å². The minimum atomic E-state index is -0.430. The Morgan fingerprint density at radius 1 is 1.00 bits per heavy atom. The van der Waals surface area contributed by atoms with E-state index < -0.39 is 5.91 Å². The molecule has 6 heteroatoms. The molecule has 0 spiro atoms. The first-order valence-corrected chi connectivity index (χ1v) is 8.51. The van der Waals surface area contributed by atoms with Gasteiger partial charge in [0.05, 0.1) is 11.8 Å². The van der Waals surface area contributed by atoms with Gasteiger partial charge in [-0.25, -0.2) is 5.43 Å². The molecule has 0 saturated carbocycles. The van der Waals surface area contributed by atoms with Crippen molar-refractivity contribution in [3.8, 4) is 23.3 Å². The highest BCUT2D eigenvalue weighted by Crippen LogP contribution is 2.21. The summed E-state index contributed by atoms with van der Waals surface area (Å²) in [5.41, 5.74) is 3.53. The number of nitrogens with zero attached hydrogens (tertiary/aromatic N) is 2. The van der Waals surface area contributed by atoms with Gasteiger partial charge in [-0.3, -0.25) is 4.79 Å². The molecule has 3 aromatic rings. The van der Waals surface area contributed by atoms with Crippen LogP contribution in [-0.4, -0.2) is 18.7 Å². The van der Waals surface area contributed by atoms with Crippen molar-refractivity contribution in [2.45, 2.75) is 0 Å². The fraction of sp³-hybridized carbons (Fsp3) is 0.0455. The van der Waals surface area contributed by atoms with Crippen molar-refractivity contribution in [3.05, 3.63) is 90.0 Å². The van der Waals surface area contributed by atoms with Crippen LogP contribution in [0.4, 0.5) is 0 Å². The van der Waals surface area contributed by atoms with Crippen LogP contribution in [0.3, 0.4) is 0 Å². The Balaban J connectivity index is 1.52. The van der Waals surface area contributed by atoms with Crippen LogP contribution in [0.2, 0.25) is 0 Å². The molecule has 3 aromatic carbocycles. The Kier molecular flexibility index (Phi) is 6.37. The van der Waals surface area contributed by atoms with Gasteiger partial charge in [-0.15, -0.1) is 0 Å². The Labute approximate surface area is 162 Å². The number of hydrazone groups is 1. The lowest BCUT2D eigenvalue weighted by molar-refractivity contribution is -0.123. The lowest BCUT2D eigenvalue weighted by atomic mass is 10.2. The zero-order valence-corrected chi connectivity index (χ0v) is 14.9. The van der Waals surface area contributed by atoms with E-state index in [0.717, 1.165) is 11.3 Å². The summed E-state index contributed by atoms with van der Waals surface area (Å²) >= 11 is 0. The monoisotopic (exact) mass is 371 g/mol. The molecule has 0 unspecified atom stereocenters. The van der Waals surface area contributed by atoms with E-state index in [4.69, 9.17) is 14.7 Å². The SMILES string of the molecule is N#Cc1ccccc1OCC(=O)N/N=C\c1cccc(Oc2ccccc2)c1. The summed E-state index contributed by atoms with van der Waals surface area (Å²) in [4.78, 5) is 11.9. The minimum Gasteiger partial charge on any atom is -0.482 e. The number of carbonyl (C=O) groups is 1. The van der Waals surface area contributed by atoms with E-state index in [1.165, 1.54) is 6.21 Å². The lowest BCUT2D eigenvalue weighted by Gasteiger charge is -2.06.